The number of fused-ring (bicyclic) bond motifs is 1. The molecule has 0 radical (unpaired) electrons. The minimum Gasteiger partial charge on any atom is -0.497 e. The highest BCUT2D eigenvalue weighted by atomic mass is 35.5. The van der Waals surface area contributed by atoms with Crippen LogP contribution in [0.5, 0.6) is 5.75 Å². The third kappa shape index (κ3) is 4.69. The van der Waals surface area contributed by atoms with Crippen molar-refractivity contribution >= 4 is 29.8 Å². The van der Waals surface area contributed by atoms with Crippen LogP contribution in [0, 0.1) is 12.7 Å². The molecule has 0 bridgehead atoms. The number of amides is 1. The summed E-state index contributed by atoms with van der Waals surface area (Å²) in [5.41, 5.74) is 4.53. The Balaban J connectivity index is 0.00000289. The molecule has 0 atom stereocenters. The second-order valence-corrected chi connectivity index (χ2v) is 7.68. The predicted octanol–water partition coefficient (Wildman–Crippen LogP) is 5.59. The highest BCUT2D eigenvalue weighted by Crippen LogP contribution is 2.33. The van der Waals surface area contributed by atoms with Gasteiger partial charge in [0.2, 0.25) is 0 Å². The molecule has 176 valence electrons. The van der Waals surface area contributed by atoms with Crippen molar-refractivity contribution in [3.63, 3.8) is 0 Å². The average molecular weight is 490 g/mol. The van der Waals surface area contributed by atoms with Crippen molar-refractivity contribution in [2.24, 2.45) is 0 Å². The van der Waals surface area contributed by atoms with Gasteiger partial charge in [-0.2, -0.15) is 5.10 Å². The average Bonchev–Trinajstić information content (AvgIpc) is 3.25. The van der Waals surface area contributed by atoms with Gasteiger partial charge in [0.15, 0.2) is 5.65 Å². The van der Waals surface area contributed by atoms with E-state index in [0.29, 0.717) is 39.7 Å². The molecule has 7 nitrogen and oxygen atoms in total. The Labute approximate surface area is 207 Å². The lowest BCUT2D eigenvalue weighted by atomic mass is 10.0. The molecule has 0 saturated carbocycles. The van der Waals surface area contributed by atoms with Crippen LogP contribution in [0.4, 0.5) is 10.2 Å². The Kier molecular flexibility index (Phi) is 6.75. The first-order chi connectivity index (χ1) is 16.5. The van der Waals surface area contributed by atoms with E-state index in [9.17, 15) is 9.18 Å². The Morgan fingerprint density at radius 1 is 1.00 bits per heavy atom. The van der Waals surface area contributed by atoms with E-state index >= 15 is 0 Å². The SMILES string of the molecule is COc1ccc(C(=O)Nc2cc(-c3c(-c4ccc(F)c(C)c4)nc4cccnn34)ccn2)cc1.Cl. The Bertz CT molecular complexity index is 1520. The van der Waals surface area contributed by atoms with E-state index in [0.717, 1.165) is 11.1 Å². The molecule has 0 fully saturated rings. The van der Waals surface area contributed by atoms with Crippen molar-refractivity contribution in [2.75, 3.05) is 12.4 Å². The number of aryl methyl sites for hydroxylation is 1. The fourth-order valence-electron chi connectivity index (χ4n) is 3.72. The van der Waals surface area contributed by atoms with E-state index in [-0.39, 0.29) is 24.1 Å². The zero-order valence-corrected chi connectivity index (χ0v) is 19.7. The molecule has 5 aromatic rings. The smallest absolute Gasteiger partial charge is 0.256 e. The maximum absolute atomic E-state index is 13.9. The number of aromatic nitrogens is 4. The van der Waals surface area contributed by atoms with E-state index < -0.39 is 0 Å². The molecule has 0 aliphatic rings. The Morgan fingerprint density at radius 3 is 2.54 bits per heavy atom. The molecule has 2 aromatic carbocycles. The summed E-state index contributed by atoms with van der Waals surface area (Å²) in [5.74, 6) is 0.475. The number of halogens is 2. The Morgan fingerprint density at radius 2 is 1.80 bits per heavy atom. The van der Waals surface area contributed by atoms with Crippen molar-refractivity contribution in [2.45, 2.75) is 6.92 Å². The third-order valence-corrected chi connectivity index (χ3v) is 5.45. The summed E-state index contributed by atoms with van der Waals surface area (Å²) >= 11 is 0. The summed E-state index contributed by atoms with van der Waals surface area (Å²) in [4.78, 5) is 21.8. The van der Waals surface area contributed by atoms with Crippen LogP contribution < -0.4 is 10.1 Å². The molecule has 0 aliphatic carbocycles. The number of benzene rings is 2. The number of anilines is 1. The lowest BCUT2D eigenvalue weighted by Gasteiger charge is -2.09. The number of nitrogens with one attached hydrogen (secondary N) is 1. The van der Waals surface area contributed by atoms with Crippen molar-refractivity contribution in [1.82, 2.24) is 19.6 Å². The van der Waals surface area contributed by atoms with Gasteiger partial charge in [-0.25, -0.2) is 18.9 Å². The van der Waals surface area contributed by atoms with Crippen molar-refractivity contribution in [3.8, 4) is 28.3 Å². The topological polar surface area (TPSA) is 81.4 Å². The van der Waals surface area contributed by atoms with Gasteiger partial charge in [0.05, 0.1) is 12.8 Å². The van der Waals surface area contributed by atoms with Gasteiger partial charge in [0.25, 0.3) is 5.91 Å². The van der Waals surface area contributed by atoms with Crippen molar-refractivity contribution in [1.29, 1.82) is 0 Å². The first-order valence-electron chi connectivity index (χ1n) is 10.6. The summed E-state index contributed by atoms with van der Waals surface area (Å²) in [7, 11) is 1.57. The first-order valence-corrected chi connectivity index (χ1v) is 10.6. The van der Waals surface area contributed by atoms with E-state index in [2.05, 4.69) is 15.4 Å². The second kappa shape index (κ2) is 9.90. The van der Waals surface area contributed by atoms with Gasteiger partial charge < -0.3 is 10.1 Å². The molecule has 3 aromatic heterocycles. The fraction of sp³-hybridized carbons (Fsp3) is 0.0769. The quantitative estimate of drug-likeness (QED) is 0.348. The molecule has 9 heteroatoms. The van der Waals surface area contributed by atoms with Gasteiger partial charge in [-0.1, -0.05) is 0 Å². The molecule has 0 spiro atoms. The summed E-state index contributed by atoms with van der Waals surface area (Å²) in [5, 5.41) is 7.29. The molecule has 0 unspecified atom stereocenters. The second-order valence-electron chi connectivity index (χ2n) is 7.68. The normalized spacial score (nSPS) is 10.6. The van der Waals surface area contributed by atoms with Crippen LogP contribution in [-0.2, 0) is 0 Å². The van der Waals surface area contributed by atoms with Crippen molar-refractivity contribution < 1.29 is 13.9 Å². The number of ether oxygens (including phenoxy) is 1. The van der Waals surface area contributed by atoms with Crippen LogP contribution in [0.25, 0.3) is 28.2 Å². The lowest BCUT2D eigenvalue weighted by molar-refractivity contribution is 0.102. The number of methoxy groups -OCH3 is 1. The van der Waals surface area contributed by atoms with Gasteiger partial charge in [-0.05, 0) is 79.2 Å². The first kappa shape index (κ1) is 23.8. The van der Waals surface area contributed by atoms with Gasteiger partial charge in [0, 0.05) is 29.1 Å². The van der Waals surface area contributed by atoms with Crippen LogP contribution >= 0.6 is 12.4 Å². The van der Waals surface area contributed by atoms with Gasteiger partial charge >= 0.3 is 0 Å². The molecule has 35 heavy (non-hydrogen) atoms. The minimum absolute atomic E-state index is 0. The van der Waals surface area contributed by atoms with Gasteiger partial charge in [-0.15, -0.1) is 12.4 Å². The summed E-state index contributed by atoms with van der Waals surface area (Å²) in [6.45, 7) is 1.71. The molecule has 0 saturated heterocycles. The maximum atomic E-state index is 13.9. The zero-order valence-electron chi connectivity index (χ0n) is 18.9. The minimum atomic E-state index is -0.294. The standard InChI is InChI=1S/C26H20FN5O2.ClH/c1-16-14-18(7-10-21(16)27)24-25(32-23(31-24)4-3-12-29-32)19-11-13-28-22(15-19)30-26(33)17-5-8-20(34-2)9-6-17;/h3-15H,1-2H3,(H,28,30,33);1H. The number of rotatable bonds is 5. The molecular formula is C26H21ClFN5O2. The zero-order chi connectivity index (χ0) is 23.7. The van der Waals surface area contributed by atoms with Crippen LogP contribution in [0.3, 0.4) is 0 Å². The molecular weight excluding hydrogens is 469 g/mol. The summed E-state index contributed by atoms with van der Waals surface area (Å²) in [6, 6.07) is 18.9. The highest BCUT2D eigenvalue weighted by Gasteiger charge is 2.18. The molecule has 1 N–H and O–H groups in total. The largest absolute Gasteiger partial charge is 0.497 e. The highest BCUT2D eigenvalue weighted by molar-refractivity contribution is 6.04. The van der Waals surface area contributed by atoms with Gasteiger partial charge in [0.1, 0.15) is 23.1 Å². The lowest BCUT2D eigenvalue weighted by Crippen LogP contribution is -2.12. The number of imidazole rings is 1. The van der Waals surface area contributed by atoms with E-state index in [1.165, 1.54) is 6.07 Å². The molecule has 3 heterocycles. The van der Waals surface area contributed by atoms with E-state index in [4.69, 9.17) is 9.72 Å². The predicted molar refractivity (Wildman–Crippen MR) is 135 cm³/mol. The fourth-order valence-corrected chi connectivity index (χ4v) is 3.72. The number of carbonyl (C=O) groups excluding carboxylic acids is 1. The van der Waals surface area contributed by atoms with Crippen LogP contribution in [0.15, 0.2) is 79.1 Å². The molecule has 5 rings (SSSR count). The molecule has 0 aliphatic heterocycles. The number of nitrogens with zero attached hydrogens (tertiary/aromatic N) is 4. The van der Waals surface area contributed by atoms with E-state index in [1.54, 1.807) is 79.5 Å². The maximum Gasteiger partial charge on any atom is 0.256 e. The van der Waals surface area contributed by atoms with Gasteiger partial charge in [-0.3, -0.25) is 4.79 Å². The number of carbonyl (C=O) groups is 1. The summed E-state index contributed by atoms with van der Waals surface area (Å²) < 4.78 is 20.8. The van der Waals surface area contributed by atoms with Crippen LogP contribution in [0.1, 0.15) is 15.9 Å². The number of pyridine rings is 1. The third-order valence-electron chi connectivity index (χ3n) is 5.45. The monoisotopic (exact) mass is 489 g/mol. The van der Waals surface area contributed by atoms with Crippen LogP contribution in [0.2, 0.25) is 0 Å². The summed E-state index contributed by atoms with van der Waals surface area (Å²) in [6.07, 6.45) is 3.28. The number of hydrogen-bond donors (Lipinski definition) is 1. The van der Waals surface area contributed by atoms with Crippen molar-refractivity contribution in [3.05, 3.63) is 96.1 Å². The number of hydrogen-bond acceptors (Lipinski definition) is 5. The van der Waals surface area contributed by atoms with E-state index in [1.807, 2.05) is 12.1 Å². The molecule has 1 amide bonds. The van der Waals surface area contributed by atoms with Crippen LogP contribution in [-0.4, -0.2) is 32.6 Å². The Hall–Kier alpha value is -4.30.